The van der Waals surface area contributed by atoms with Crippen LogP contribution < -0.4 is 4.72 Å². The highest BCUT2D eigenvalue weighted by Gasteiger charge is 2.36. The number of sulfone groups is 1. The Balaban J connectivity index is 2.85. The van der Waals surface area contributed by atoms with Gasteiger partial charge in [0.05, 0.1) is 16.8 Å². The molecule has 1 rings (SSSR count). The molecule has 0 saturated carbocycles. The van der Waals surface area contributed by atoms with Crippen molar-refractivity contribution < 1.29 is 16.8 Å². The molecular formula is C5H11NO4S2. The van der Waals surface area contributed by atoms with Crippen molar-refractivity contribution in [2.75, 3.05) is 18.6 Å². The van der Waals surface area contributed by atoms with Crippen LogP contribution in [0.5, 0.6) is 0 Å². The zero-order valence-corrected chi connectivity index (χ0v) is 8.28. The fourth-order valence-electron chi connectivity index (χ4n) is 1.17. The molecule has 1 saturated heterocycles. The first-order chi connectivity index (χ1) is 5.37. The number of sulfonamides is 1. The van der Waals surface area contributed by atoms with Gasteiger partial charge in [0.2, 0.25) is 10.0 Å². The number of hydrogen-bond donors (Lipinski definition) is 1. The monoisotopic (exact) mass is 213 g/mol. The van der Waals surface area contributed by atoms with Crippen molar-refractivity contribution in [3.05, 3.63) is 0 Å². The van der Waals surface area contributed by atoms with Crippen molar-refractivity contribution in [1.82, 2.24) is 4.72 Å². The van der Waals surface area contributed by atoms with E-state index in [1.807, 2.05) is 0 Å². The highest BCUT2D eigenvalue weighted by molar-refractivity contribution is 7.95. The minimum atomic E-state index is -3.40. The van der Waals surface area contributed by atoms with Crippen LogP contribution in [-0.4, -0.2) is 40.6 Å². The van der Waals surface area contributed by atoms with Crippen LogP contribution in [0.4, 0.5) is 0 Å². The Morgan fingerprint density at radius 2 is 2.00 bits per heavy atom. The van der Waals surface area contributed by atoms with Gasteiger partial charge in [-0.1, -0.05) is 0 Å². The Kier molecular flexibility index (Phi) is 2.46. The first kappa shape index (κ1) is 9.94. The molecule has 7 heteroatoms. The third kappa shape index (κ3) is 1.96. The van der Waals surface area contributed by atoms with Gasteiger partial charge in [-0.25, -0.2) is 21.6 Å². The molecule has 1 aliphatic heterocycles. The third-order valence-electron chi connectivity index (χ3n) is 1.91. The maximum atomic E-state index is 11.1. The van der Waals surface area contributed by atoms with Crippen molar-refractivity contribution in [2.24, 2.45) is 0 Å². The van der Waals surface area contributed by atoms with Crippen LogP contribution in [0, 0.1) is 0 Å². The SMILES string of the molecule is CNS(=O)(=O)[C@H]1CCS(=O)(=O)C1. The zero-order valence-electron chi connectivity index (χ0n) is 6.65. The van der Waals surface area contributed by atoms with E-state index < -0.39 is 25.1 Å². The molecule has 0 amide bonds. The minimum Gasteiger partial charge on any atom is -0.229 e. The average Bonchev–Trinajstić information content (AvgIpc) is 2.31. The normalized spacial score (nSPS) is 28.9. The van der Waals surface area contributed by atoms with Crippen molar-refractivity contribution >= 4 is 19.9 Å². The standard InChI is InChI=1S/C5H11NO4S2/c1-6-12(9,10)5-2-3-11(7,8)4-5/h5-6H,2-4H2,1H3/t5-/m0/s1. The van der Waals surface area contributed by atoms with E-state index in [-0.39, 0.29) is 17.9 Å². The van der Waals surface area contributed by atoms with Gasteiger partial charge in [0.15, 0.2) is 9.84 Å². The van der Waals surface area contributed by atoms with E-state index in [0.717, 1.165) is 0 Å². The van der Waals surface area contributed by atoms with E-state index in [4.69, 9.17) is 0 Å². The molecule has 1 N–H and O–H groups in total. The maximum absolute atomic E-state index is 11.1. The molecule has 0 radical (unpaired) electrons. The van der Waals surface area contributed by atoms with E-state index in [1.165, 1.54) is 7.05 Å². The first-order valence-corrected chi connectivity index (χ1v) is 6.87. The van der Waals surface area contributed by atoms with Crippen LogP contribution in [0.1, 0.15) is 6.42 Å². The molecule has 0 aromatic heterocycles. The van der Waals surface area contributed by atoms with E-state index in [1.54, 1.807) is 0 Å². The molecule has 0 aromatic rings. The van der Waals surface area contributed by atoms with Gasteiger partial charge in [-0.05, 0) is 13.5 Å². The van der Waals surface area contributed by atoms with Crippen molar-refractivity contribution in [3.8, 4) is 0 Å². The van der Waals surface area contributed by atoms with Crippen LogP contribution in [0.3, 0.4) is 0 Å². The Morgan fingerprint density at radius 1 is 1.42 bits per heavy atom. The molecule has 1 atom stereocenters. The summed E-state index contributed by atoms with van der Waals surface area (Å²) >= 11 is 0. The quantitative estimate of drug-likeness (QED) is 0.619. The molecule has 0 unspecified atom stereocenters. The van der Waals surface area contributed by atoms with E-state index in [0.29, 0.717) is 0 Å². The van der Waals surface area contributed by atoms with Crippen LogP contribution >= 0.6 is 0 Å². The Hall–Kier alpha value is -0.140. The lowest BCUT2D eigenvalue weighted by Crippen LogP contribution is -2.32. The van der Waals surface area contributed by atoms with Crippen molar-refractivity contribution in [3.63, 3.8) is 0 Å². The molecule has 1 fully saturated rings. The fourth-order valence-corrected chi connectivity index (χ4v) is 4.97. The molecule has 0 aromatic carbocycles. The minimum absolute atomic E-state index is 0.0153. The third-order valence-corrected chi connectivity index (χ3v) is 5.74. The van der Waals surface area contributed by atoms with Gasteiger partial charge in [0.1, 0.15) is 0 Å². The summed E-state index contributed by atoms with van der Waals surface area (Å²) in [5.41, 5.74) is 0. The van der Waals surface area contributed by atoms with Gasteiger partial charge in [0.25, 0.3) is 0 Å². The predicted octanol–water partition coefficient (Wildman–Crippen LogP) is -1.28. The van der Waals surface area contributed by atoms with Gasteiger partial charge in [-0.15, -0.1) is 0 Å². The number of hydrogen-bond acceptors (Lipinski definition) is 4. The lowest BCUT2D eigenvalue weighted by Gasteiger charge is -2.06. The second-order valence-corrected chi connectivity index (χ2v) is 7.17. The van der Waals surface area contributed by atoms with Crippen LogP contribution in [0.2, 0.25) is 0 Å². The summed E-state index contributed by atoms with van der Waals surface area (Å²) in [4.78, 5) is 0. The van der Waals surface area contributed by atoms with Gasteiger partial charge in [-0.3, -0.25) is 0 Å². The Labute approximate surface area is 72.1 Å². The second kappa shape index (κ2) is 2.97. The summed E-state index contributed by atoms with van der Waals surface area (Å²) in [6.45, 7) is 0. The molecular weight excluding hydrogens is 202 g/mol. The lowest BCUT2D eigenvalue weighted by atomic mass is 10.4. The highest BCUT2D eigenvalue weighted by atomic mass is 32.2. The smallest absolute Gasteiger partial charge is 0.215 e. The summed E-state index contributed by atoms with van der Waals surface area (Å²) in [6, 6.07) is 0. The fraction of sp³-hybridized carbons (Fsp3) is 1.00. The predicted molar refractivity (Wildman–Crippen MR) is 45.0 cm³/mol. The first-order valence-electron chi connectivity index (χ1n) is 3.50. The van der Waals surface area contributed by atoms with Crippen molar-refractivity contribution in [2.45, 2.75) is 11.7 Å². The lowest BCUT2D eigenvalue weighted by molar-refractivity contribution is 0.574. The van der Waals surface area contributed by atoms with Crippen molar-refractivity contribution in [1.29, 1.82) is 0 Å². The zero-order chi connectivity index (χ0) is 9.41. The van der Waals surface area contributed by atoms with Crippen LogP contribution in [-0.2, 0) is 19.9 Å². The number of rotatable bonds is 2. The Morgan fingerprint density at radius 3 is 2.33 bits per heavy atom. The van der Waals surface area contributed by atoms with Crippen LogP contribution in [0.15, 0.2) is 0 Å². The van der Waals surface area contributed by atoms with E-state index >= 15 is 0 Å². The summed E-state index contributed by atoms with van der Waals surface area (Å²) in [7, 11) is -5.21. The van der Waals surface area contributed by atoms with Gasteiger partial charge >= 0.3 is 0 Å². The molecule has 1 heterocycles. The topological polar surface area (TPSA) is 80.3 Å². The van der Waals surface area contributed by atoms with Gasteiger partial charge < -0.3 is 0 Å². The summed E-state index contributed by atoms with van der Waals surface area (Å²) in [5.74, 6) is -0.255. The second-order valence-electron chi connectivity index (χ2n) is 2.77. The largest absolute Gasteiger partial charge is 0.229 e. The van der Waals surface area contributed by atoms with E-state index in [2.05, 4.69) is 4.72 Å². The van der Waals surface area contributed by atoms with Gasteiger partial charge in [-0.2, -0.15) is 0 Å². The molecule has 5 nitrogen and oxygen atoms in total. The molecule has 1 aliphatic rings. The molecule has 72 valence electrons. The molecule has 0 spiro atoms. The Bertz CT molecular complexity index is 355. The summed E-state index contributed by atoms with van der Waals surface area (Å²) in [5, 5.41) is -0.757. The highest BCUT2D eigenvalue weighted by Crippen LogP contribution is 2.17. The van der Waals surface area contributed by atoms with Crippen LogP contribution in [0.25, 0.3) is 0 Å². The average molecular weight is 213 g/mol. The number of nitrogens with one attached hydrogen (secondary N) is 1. The molecule has 12 heavy (non-hydrogen) atoms. The maximum Gasteiger partial charge on any atom is 0.215 e. The molecule has 0 bridgehead atoms. The molecule has 0 aliphatic carbocycles. The summed E-state index contributed by atoms with van der Waals surface area (Å²) in [6.07, 6.45) is 0.214. The summed E-state index contributed by atoms with van der Waals surface area (Å²) < 4.78 is 46.2. The van der Waals surface area contributed by atoms with E-state index in [9.17, 15) is 16.8 Å². The van der Waals surface area contributed by atoms with Gasteiger partial charge in [0, 0.05) is 0 Å².